The molecule has 0 spiro atoms. The number of carbonyl (C=O) groups excluding carboxylic acids is 3. The van der Waals surface area contributed by atoms with Crippen molar-refractivity contribution in [2.75, 3.05) is 12.3 Å². The maximum Gasteiger partial charge on any atom is 0.408 e. The standard InChI is InChI=1S/C27H45N3O4S/c1-9-11-16-30(25(32)21(17-35)29-26(33)34-27(6,7)8)23(24(31)28-20(5)13-10-2)22-18(3)14-12-15-19(22)4/h12,14-15,20-21,23,35H,9-11,13,16-17H2,1-8H3,(H,28,31)(H,29,33). The Kier molecular flexibility index (Phi) is 12.6. The molecule has 0 saturated heterocycles. The molecule has 0 heterocycles. The van der Waals surface area contributed by atoms with Gasteiger partial charge >= 0.3 is 6.09 Å². The third-order valence-corrected chi connectivity index (χ3v) is 6.06. The van der Waals surface area contributed by atoms with Crippen molar-refractivity contribution in [1.29, 1.82) is 0 Å². The summed E-state index contributed by atoms with van der Waals surface area (Å²) in [6, 6.07) is 4.07. The number of amides is 3. The van der Waals surface area contributed by atoms with Gasteiger partial charge in [0.1, 0.15) is 17.7 Å². The zero-order chi connectivity index (χ0) is 26.8. The molecular formula is C27H45N3O4S. The van der Waals surface area contributed by atoms with Crippen LogP contribution in [0.2, 0.25) is 0 Å². The molecular weight excluding hydrogens is 462 g/mol. The molecule has 1 rings (SSSR count). The number of benzene rings is 1. The Morgan fingerprint density at radius 1 is 1.06 bits per heavy atom. The van der Waals surface area contributed by atoms with Crippen LogP contribution in [0.15, 0.2) is 18.2 Å². The van der Waals surface area contributed by atoms with Crippen molar-refractivity contribution in [3.63, 3.8) is 0 Å². The van der Waals surface area contributed by atoms with Crippen LogP contribution in [0.25, 0.3) is 0 Å². The van der Waals surface area contributed by atoms with Gasteiger partial charge in [-0.15, -0.1) is 0 Å². The minimum atomic E-state index is -0.933. The Labute approximate surface area is 217 Å². The van der Waals surface area contributed by atoms with Crippen LogP contribution in [0.5, 0.6) is 0 Å². The summed E-state index contributed by atoms with van der Waals surface area (Å²) >= 11 is 4.34. The molecule has 0 saturated carbocycles. The van der Waals surface area contributed by atoms with Crippen molar-refractivity contribution in [3.05, 3.63) is 34.9 Å². The van der Waals surface area contributed by atoms with Crippen LogP contribution < -0.4 is 10.6 Å². The summed E-state index contributed by atoms with van der Waals surface area (Å²) in [5.41, 5.74) is 1.98. The smallest absolute Gasteiger partial charge is 0.408 e. The van der Waals surface area contributed by atoms with E-state index in [1.54, 1.807) is 25.7 Å². The molecule has 7 nitrogen and oxygen atoms in total. The van der Waals surface area contributed by atoms with Crippen LogP contribution in [-0.2, 0) is 14.3 Å². The maximum atomic E-state index is 13.9. The van der Waals surface area contributed by atoms with Crippen LogP contribution in [-0.4, -0.2) is 52.8 Å². The van der Waals surface area contributed by atoms with Gasteiger partial charge in [0.15, 0.2) is 0 Å². The van der Waals surface area contributed by atoms with Gasteiger partial charge in [-0.3, -0.25) is 9.59 Å². The van der Waals surface area contributed by atoms with E-state index in [0.29, 0.717) is 6.54 Å². The third-order valence-electron chi connectivity index (χ3n) is 5.69. The fraction of sp³-hybridized carbons (Fsp3) is 0.667. The zero-order valence-corrected chi connectivity index (χ0v) is 23.6. The topological polar surface area (TPSA) is 87.7 Å². The van der Waals surface area contributed by atoms with Crippen molar-refractivity contribution in [1.82, 2.24) is 15.5 Å². The van der Waals surface area contributed by atoms with E-state index in [9.17, 15) is 14.4 Å². The Morgan fingerprint density at radius 3 is 2.14 bits per heavy atom. The van der Waals surface area contributed by atoms with Crippen molar-refractivity contribution in [2.24, 2.45) is 0 Å². The Morgan fingerprint density at radius 2 is 1.66 bits per heavy atom. The van der Waals surface area contributed by atoms with E-state index in [1.807, 2.05) is 45.9 Å². The fourth-order valence-electron chi connectivity index (χ4n) is 4.04. The van der Waals surface area contributed by atoms with E-state index in [4.69, 9.17) is 4.74 Å². The van der Waals surface area contributed by atoms with E-state index >= 15 is 0 Å². The number of unbranched alkanes of at least 4 members (excludes halogenated alkanes) is 1. The van der Waals surface area contributed by atoms with Crippen LogP contribution in [0.4, 0.5) is 4.79 Å². The molecule has 0 fully saturated rings. The van der Waals surface area contributed by atoms with E-state index < -0.39 is 23.8 Å². The van der Waals surface area contributed by atoms with Gasteiger partial charge in [-0.05, 0) is 71.1 Å². The molecule has 3 atom stereocenters. The Bertz CT molecular complexity index is 833. The van der Waals surface area contributed by atoms with Gasteiger partial charge in [0.2, 0.25) is 11.8 Å². The molecule has 3 amide bonds. The fourth-order valence-corrected chi connectivity index (χ4v) is 4.29. The average Bonchev–Trinajstić information content (AvgIpc) is 2.74. The third kappa shape index (κ3) is 9.74. The minimum absolute atomic E-state index is 0.0250. The van der Waals surface area contributed by atoms with E-state index in [-0.39, 0.29) is 23.6 Å². The van der Waals surface area contributed by atoms with Crippen molar-refractivity contribution < 1.29 is 19.1 Å². The van der Waals surface area contributed by atoms with Crippen LogP contribution in [0.1, 0.15) is 90.0 Å². The summed E-state index contributed by atoms with van der Waals surface area (Å²) in [6.07, 6.45) is 2.66. The zero-order valence-electron chi connectivity index (χ0n) is 22.7. The van der Waals surface area contributed by atoms with E-state index in [2.05, 4.69) is 30.2 Å². The molecule has 2 N–H and O–H groups in total. The number of carbonyl (C=O) groups is 3. The molecule has 1 aromatic rings. The van der Waals surface area contributed by atoms with Crippen molar-refractivity contribution in [3.8, 4) is 0 Å². The summed E-state index contributed by atoms with van der Waals surface area (Å²) in [5, 5.41) is 5.77. The summed E-state index contributed by atoms with van der Waals surface area (Å²) in [5.74, 6) is -0.498. The number of ether oxygens (including phenoxy) is 1. The number of hydrogen-bond acceptors (Lipinski definition) is 5. The molecule has 35 heavy (non-hydrogen) atoms. The Hall–Kier alpha value is -2.22. The highest BCUT2D eigenvalue weighted by atomic mass is 32.1. The average molecular weight is 508 g/mol. The number of thiol groups is 1. The van der Waals surface area contributed by atoms with Crippen molar-refractivity contribution >= 4 is 30.5 Å². The highest BCUT2D eigenvalue weighted by Gasteiger charge is 2.37. The first kappa shape index (κ1) is 30.8. The van der Waals surface area contributed by atoms with Crippen LogP contribution in [0, 0.1) is 13.8 Å². The molecule has 8 heteroatoms. The van der Waals surface area contributed by atoms with Gasteiger partial charge in [0.25, 0.3) is 0 Å². The number of nitrogens with zero attached hydrogens (tertiary/aromatic N) is 1. The number of nitrogens with one attached hydrogen (secondary N) is 2. The normalized spacial score (nSPS) is 14.0. The first-order valence-electron chi connectivity index (χ1n) is 12.6. The minimum Gasteiger partial charge on any atom is -0.444 e. The molecule has 0 aromatic heterocycles. The lowest BCUT2D eigenvalue weighted by Crippen LogP contribution is -2.54. The molecule has 0 radical (unpaired) electrons. The van der Waals surface area contributed by atoms with Crippen LogP contribution in [0.3, 0.4) is 0 Å². The van der Waals surface area contributed by atoms with E-state index in [1.165, 1.54) is 0 Å². The molecule has 0 aliphatic heterocycles. The summed E-state index contributed by atoms with van der Waals surface area (Å²) in [6.45, 7) is 15.7. The van der Waals surface area contributed by atoms with Gasteiger partial charge in [-0.2, -0.15) is 12.6 Å². The first-order valence-corrected chi connectivity index (χ1v) is 13.3. The lowest BCUT2D eigenvalue weighted by Gasteiger charge is -2.36. The highest BCUT2D eigenvalue weighted by Crippen LogP contribution is 2.29. The van der Waals surface area contributed by atoms with Gasteiger partial charge in [-0.25, -0.2) is 4.79 Å². The van der Waals surface area contributed by atoms with E-state index in [0.717, 1.165) is 42.4 Å². The summed E-state index contributed by atoms with van der Waals surface area (Å²) < 4.78 is 5.36. The molecule has 0 bridgehead atoms. The lowest BCUT2D eigenvalue weighted by atomic mass is 9.93. The number of hydrogen-bond donors (Lipinski definition) is 3. The molecule has 3 unspecified atom stereocenters. The monoisotopic (exact) mass is 507 g/mol. The Balaban J connectivity index is 3.47. The predicted octanol–water partition coefficient (Wildman–Crippen LogP) is 5.10. The summed E-state index contributed by atoms with van der Waals surface area (Å²) in [4.78, 5) is 41.6. The second-order valence-electron chi connectivity index (χ2n) is 10.2. The van der Waals surface area contributed by atoms with Crippen LogP contribution >= 0.6 is 12.6 Å². The second-order valence-corrected chi connectivity index (χ2v) is 10.5. The summed E-state index contributed by atoms with van der Waals surface area (Å²) in [7, 11) is 0. The molecule has 0 aliphatic carbocycles. The SMILES string of the molecule is CCCCN(C(=O)C(CS)NC(=O)OC(C)(C)C)C(C(=O)NC(C)CCC)c1c(C)cccc1C. The lowest BCUT2D eigenvalue weighted by molar-refractivity contribution is -0.142. The predicted molar refractivity (Wildman–Crippen MR) is 145 cm³/mol. The molecule has 1 aromatic carbocycles. The van der Waals surface area contributed by atoms with Gasteiger partial charge in [0.05, 0.1) is 0 Å². The second kappa shape index (κ2) is 14.4. The maximum absolute atomic E-state index is 13.9. The number of rotatable bonds is 12. The van der Waals surface area contributed by atoms with Gasteiger partial charge in [0, 0.05) is 18.3 Å². The molecule has 198 valence electrons. The van der Waals surface area contributed by atoms with Crippen molar-refractivity contribution in [2.45, 2.75) is 105 Å². The van der Waals surface area contributed by atoms with Gasteiger partial charge < -0.3 is 20.3 Å². The quantitative estimate of drug-likeness (QED) is 0.344. The number of alkyl carbamates (subject to hydrolysis) is 1. The first-order chi connectivity index (χ1) is 16.4. The molecule has 0 aliphatic rings. The number of aryl methyl sites for hydroxylation is 2. The highest BCUT2D eigenvalue weighted by molar-refractivity contribution is 7.80. The largest absolute Gasteiger partial charge is 0.444 e. The van der Waals surface area contributed by atoms with Gasteiger partial charge in [-0.1, -0.05) is 44.9 Å².